The summed E-state index contributed by atoms with van der Waals surface area (Å²) in [5.41, 5.74) is -1.28. The van der Waals surface area contributed by atoms with E-state index < -0.39 is 14.0 Å². The second kappa shape index (κ2) is 3.59. The van der Waals surface area contributed by atoms with E-state index in [4.69, 9.17) is 18.6 Å². The molecule has 3 saturated heterocycles. The molecule has 0 aromatic rings. The van der Waals surface area contributed by atoms with Crippen LogP contribution in [0.15, 0.2) is 0 Å². The lowest BCUT2D eigenvalue weighted by atomic mass is 9.49. The van der Waals surface area contributed by atoms with Crippen molar-refractivity contribution in [2.24, 2.45) is 5.92 Å². The van der Waals surface area contributed by atoms with Gasteiger partial charge in [-0.15, -0.1) is 0 Å². The Labute approximate surface area is 116 Å². The molecule has 4 bridgehead atoms. The quantitative estimate of drug-likeness (QED) is 0.630. The Kier molecular flexibility index (Phi) is 2.63. The van der Waals surface area contributed by atoms with Crippen LogP contribution >= 0.6 is 0 Å². The lowest BCUT2D eigenvalue weighted by molar-refractivity contribution is -0.0899. The number of rotatable bonds is 0. The summed E-state index contributed by atoms with van der Waals surface area (Å²) in [5.74, 6) is 0.319. The van der Waals surface area contributed by atoms with Crippen LogP contribution in [0, 0.1) is 5.92 Å². The van der Waals surface area contributed by atoms with Gasteiger partial charge < -0.3 is 18.6 Å². The minimum Gasteiger partial charge on any atom is -0.405 e. The topological polar surface area (TPSA) is 36.9 Å². The Morgan fingerprint density at radius 3 is 1.95 bits per heavy atom. The molecule has 0 spiro atoms. The third kappa shape index (κ3) is 1.63. The Hall–Kier alpha value is -0.0301. The van der Waals surface area contributed by atoms with Gasteiger partial charge in [0.15, 0.2) is 0 Å². The molecule has 3 fully saturated rings. The number of fused-ring (bicyclic) bond motifs is 5. The second-order valence-corrected chi connectivity index (χ2v) is 7.67. The van der Waals surface area contributed by atoms with Gasteiger partial charge >= 0.3 is 14.0 Å². The molecule has 0 radical (unpaired) electrons. The van der Waals surface area contributed by atoms with Crippen LogP contribution in [0.25, 0.3) is 0 Å². The van der Waals surface area contributed by atoms with Gasteiger partial charge in [0.1, 0.15) is 0 Å². The van der Waals surface area contributed by atoms with Gasteiger partial charge in [0.25, 0.3) is 0 Å². The van der Waals surface area contributed by atoms with Gasteiger partial charge in [0, 0.05) is 0 Å². The third-order valence-corrected chi connectivity index (χ3v) is 5.89. The summed E-state index contributed by atoms with van der Waals surface area (Å²) in [6, 6.07) is 0. The molecule has 0 aliphatic carbocycles. The molecule has 3 aliphatic rings. The summed E-state index contributed by atoms with van der Waals surface area (Å²) in [6.07, 6.45) is 0.895. The first kappa shape index (κ1) is 13.9. The molecule has 19 heavy (non-hydrogen) atoms. The van der Waals surface area contributed by atoms with Gasteiger partial charge in [-0.05, 0) is 53.9 Å². The smallest absolute Gasteiger partial charge is 0.405 e. The highest BCUT2D eigenvalue weighted by molar-refractivity contribution is 7.11. The van der Waals surface area contributed by atoms with Crippen LogP contribution in [0.3, 0.4) is 0 Å². The highest BCUT2D eigenvalue weighted by Gasteiger charge is 2.69. The van der Waals surface area contributed by atoms with E-state index in [0.717, 1.165) is 6.42 Å². The van der Waals surface area contributed by atoms with Crippen molar-refractivity contribution >= 4 is 14.0 Å². The second-order valence-electron chi connectivity index (χ2n) is 7.67. The molecular formula is C13H24B2O4. The minimum atomic E-state index is -0.441. The van der Waals surface area contributed by atoms with E-state index in [0.29, 0.717) is 5.92 Å². The first-order valence-electron chi connectivity index (χ1n) is 7.22. The molecular weight excluding hydrogens is 242 g/mol. The van der Waals surface area contributed by atoms with E-state index in [-0.39, 0.29) is 22.4 Å². The predicted octanol–water partition coefficient (Wildman–Crippen LogP) is 2.25. The number of hydrogen-bond donors (Lipinski definition) is 0. The minimum absolute atomic E-state index is 0.301. The average molecular weight is 266 g/mol. The largest absolute Gasteiger partial charge is 0.489 e. The molecule has 0 aromatic carbocycles. The molecule has 0 amide bonds. The molecule has 106 valence electrons. The Morgan fingerprint density at radius 1 is 0.789 bits per heavy atom. The van der Waals surface area contributed by atoms with Gasteiger partial charge in [-0.25, -0.2) is 0 Å². The zero-order valence-corrected chi connectivity index (χ0v) is 13.1. The van der Waals surface area contributed by atoms with E-state index in [1.165, 1.54) is 0 Å². The fraction of sp³-hybridized carbons (Fsp3) is 1.00. The Morgan fingerprint density at radius 2 is 1.32 bits per heavy atom. The van der Waals surface area contributed by atoms with E-state index in [1.807, 2.05) is 0 Å². The van der Waals surface area contributed by atoms with Crippen LogP contribution in [0.2, 0.25) is 0 Å². The molecule has 0 saturated carbocycles. The van der Waals surface area contributed by atoms with Crippen LogP contribution in [0.1, 0.15) is 54.9 Å². The standard InChI is InChI=1S/C13H24B2O4/c1-9-8-12(6)10(2,3)16-14(18-12)15-17-11(4,5)13(9,7)19-15/h9H,8H2,1-7H3/t9-,12?,13?/m0/s1. The molecule has 3 heterocycles. The monoisotopic (exact) mass is 266 g/mol. The summed E-state index contributed by atoms with van der Waals surface area (Å²) in [7, 11) is -0.877. The predicted molar refractivity (Wildman–Crippen MR) is 74.6 cm³/mol. The van der Waals surface area contributed by atoms with Gasteiger partial charge in [-0.1, -0.05) is 6.92 Å². The SMILES string of the molecule is C[C@H]1CC2(C)OB(OC2(C)C)B2OC(C)(C)C1(C)O2. The van der Waals surface area contributed by atoms with Crippen molar-refractivity contribution in [3.8, 4) is 0 Å². The summed E-state index contributed by atoms with van der Waals surface area (Å²) >= 11 is 0. The fourth-order valence-electron chi connectivity index (χ4n) is 3.66. The normalized spacial score (nSPS) is 47.2. The molecule has 3 rings (SSSR count). The Bertz CT molecular complexity index is 413. The van der Waals surface area contributed by atoms with Crippen molar-refractivity contribution in [2.75, 3.05) is 0 Å². The molecule has 0 aromatic heterocycles. The first-order valence-corrected chi connectivity index (χ1v) is 7.22. The first-order chi connectivity index (χ1) is 8.51. The summed E-state index contributed by atoms with van der Waals surface area (Å²) in [5, 5.41) is 0. The maximum absolute atomic E-state index is 6.21. The number of hydrogen-bond acceptors (Lipinski definition) is 4. The van der Waals surface area contributed by atoms with Crippen LogP contribution in [-0.4, -0.2) is 36.4 Å². The molecule has 3 atom stereocenters. The highest BCUT2D eigenvalue weighted by atomic mass is 16.7. The van der Waals surface area contributed by atoms with Crippen molar-refractivity contribution in [1.29, 1.82) is 0 Å². The van der Waals surface area contributed by atoms with Crippen LogP contribution < -0.4 is 0 Å². The third-order valence-electron chi connectivity index (χ3n) is 5.89. The van der Waals surface area contributed by atoms with E-state index >= 15 is 0 Å². The van der Waals surface area contributed by atoms with Crippen molar-refractivity contribution in [1.82, 2.24) is 0 Å². The summed E-state index contributed by atoms with van der Waals surface area (Å²) in [4.78, 5) is 0. The lowest BCUT2D eigenvalue weighted by Gasteiger charge is -2.46. The van der Waals surface area contributed by atoms with Crippen molar-refractivity contribution in [3.05, 3.63) is 0 Å². The Balaban J connectivity index is 2.04. The average Bonchev–Trinajstić information content (AvgIpc) is 2.61. The summed E-state index contributed by atoms with van der Waals surface area (Å²) < 4.78 is 24.6. The molecule has 0 N–H and O–H groups in total. The summed E-state index contributed by atoms with van der Waals surface area (Å²) in [6.45, 7) is 14.9. The zero-order valence-electron chi connectivity index (χ0n) is 13.1. The van der Waals surface area contributed by atoms with E-state index in [9.17, 15) is 0 Å². The molecule has 2 unspecified atom stereocenters. The lowest BCUT2D eigenvalue weighted by Crippen LogP contribution is -2.55. The van der Waals surface area contributed by atoms with E-state index in [2.05, 4.69) is 48.5 Å². The van der Waals surface area contributed by atoms with Crippen LogP contribution in [-0.2, 0) is 18.6 Å². The maximum Gasteiger partial charge on any atom is 0.489 e. The van der Waals surface area contributed by atoms with Crippen molar-refractivity contribution in [3.63, 3.8) is 0 Å². The van der Waals surface area contributed by atoms with Crippen molar-refractivity contribution < 1.29 is 18.6 Å². The van der Waals surface area contributed by atoms with Gasteiger partial charge in [-0.3, -0.25) is 0 Å². The molecule has 6 heteroatoms. The highest BCUT2D eigenvalue weighted by Crippen LogP contribution is 2.53. The van der Waals surface area contributed by atoms with Crippen molar-refractivity contribution in [2.45, 2.75) is 77.3 Å². The molecule has 4 nitrogen and oxygen atoms in total. The van der Waals surface area contributed by atoms with Crippen LogP contribution in [0.5, 0.6) is 0 Å². The van der Waals surface area contributed by atoms with Gasteiger partial charge in [-0.2, -0.15) is 0 Å². The fourth-order valence-corrected chi connectivity index (χ4v) is 3.66. The molecule has 3 aliphatic heterocycles. The zero-order chi connectivity index (χ0) is 14.3. The van der Waals surface area contributed by atoms with E-state index in [1.54, 1.807) is 0 Å². The van der Waals surface area contributed by atoms with Gasteiger partial charge in [0.05, 0.1) is 22.4 Å². The maximum atomic E-state index is 6.21. The van der Waals surface area contributed by atoms with Gasteiger partial charge in [0.2, 0.25) is 0 Å². The van der Waals surface area contributed by atoms with Crippen LogP contribution in [0.4, 0.5) is 0 Å².